The summed E-state index contributed by atoms with van der Waals surface area (Å²) in [4.78, 5) is 70.8. The van der Waals surface area contributed by atoms with Crippen LogP contribution in [0.3, 0.4) is 0 Å². The van der Waals surface area contributed by atoms with Gasteiger partial charge in [0.2, 0.25) is 5.91 Å². The van der Waals surface area contributed by atoms with Crippen LogP contribution in [0, 0.1) is 23.7 Å². The largest absolute Gasteiger partial charge is 0.507 e. The molecule has 0 aromatic heterocycles. The summed E-state index contributed by atoms with van der Waals surface area (Å²) in [6.07, 6.45) is 4.61. The van der Waals surface area contributed by atoms with Crippen molar-refractivity contribution in [2.24, 2.45) is 29.4 Å². The first-order valence-corrected chi connectivity index (χ1v) is 15.0. The zero-order valence-corrected chi connectivity index (χ0v) is 25.2. The van der Waals surface area contributed by atoms with Gasteiger partial charge in [-0.05, 0) is 75.0 Å². The molecule has 4 unspecified atom stereocenters. The number of amides is 1. The molecule has 4 aliphatic rings. The SMILES string of the molecule is CC1C=CC(C)N1Cc1ccc(-c2ccc(O)c3c2C[C@H]2C[C@H]4[C@H](N(C)C)C(=O)C(C(N)=O)C(=O)[C@@]4(O)C(=O)C2C3=O)cc1. The number of aromatic hydroxyl groups is 1. The molecule has 2 fully saturated rings. The van der Waals surface area contributed by atoms with E-state index in [0.717, 1.165) is 23.2 Å². The molecule has 1 heterocycles. The van der Waals surface area contributed by atoms with E-state index in [2.05, 4.69) is 30.9 Å². The van der Waals surface area contributed by atoms with E-state index in [-0.39, 0.29) is 24.2 Å². The van der Waals surface area contributed by atoms with Crippen molar-refractivity contribution in [3.63, 3.8) is 0 Å². The molecule has 2 aromatic rings. The van der Waals surface area contributed by atoms with Gasteiger partial charge < -0.3 is 15.9 Å². The molecule has 3 aliphatic carbocycles. The molecule has 2 saturated carbocycles. The molecular formula is C34H37N3O7. The molecule has 44 heavy (non-hydrogen) atoms. The van der Waals surface area contributed by atoms with E-state index in [1.165, 1.54) is 11.0 Å². The first kappa shape index (κ1) is 30.1. The second-order valence-corrected chi connectivity index (χ2v) is 13.0. The number of primary amides is 1. The smallest absolute Gasteiger partial charge is 0.235 e. The number of Topliss-reactive ketones (excluding diaryl/α,β-unsaturated/α-hetero) is 4. The van der Waals surface area contributed by atoms with Gasteiger partial charge in [-0.25, -0.2) is 0 Å². The number of phenolic OH excluding ortho intramolecular Hbond substituents is 1. The standard InChI is InChI=1S/C34H37N3O7/c1-16-5-6-17(2)37(16)15-18-7-9-19(10-8-18)21-11-12-24(38)26-22(21)13-20-14-23-28(36(3)4)30(40)27(33(35)43)32(42)34(23,44)31(41)25(20)29(26)39/h5-12,16-17,20,23,25,27-28,38,44H,13-15H2,1-4H3,(H2,35,43)/t16?,17?,20-,23-,25?,27?,28-,34-/m0/s1. The Hall–Kier alpha value is -3.99. The predicted molar refractivity (Wildman–Crippen MR) is 160 cm³/mol. The topological polar surface area (TPSA) is 158 Å². The Bertz CT molecular complexity index is 1620. The van der Waals surface area contributed by atoms with Gasteiger partial charge in [0.1, 0.15) is 5.75 Å². The molecule has 1 amide bonds. The molecule has 0 saturated heterocycles. The van der Waals surface area contributed by atoms with E-state index in [0.29, 0.717) is 17.6 Å². The molecule has 4 N–H and O–H groups in total. The highest BCUT2D eigenvalue weighted by atomic mass is 16.3. The lowest BCUT2D eigenvalue weighted by atomic mass is 9.52. The zero-order chi connectivity index (χ0) is 31.8. The molecule has 1 aliphatic heterocycles. The van der Waals surface area contributed by atoms with Gasteiger partial charge >= 0.3 is 0 Å². The van der Waals surface area contributed by atoms with E-state index < -0.39 is 64.4 Å². The number of phenols is 1. The third kappa shape index (κ3) is 4.30. The average molecular weight is 600 g/mol. The van der Waals surface area contributed by atoms with E-state index in [9.17, 15) is 34.2 Å². The minimum atomic E-state index is -2.74. The van der Waals surface area contributed by atoms with Crippen LogP contribution in [0.2, 0.25) is 0 Å². The summed E-state index contributed by atoms with van der Waals surface area (Å²) in [5.74, 6) is -10.5. The lowest BCUT2D eigenvalue weighted by Crippen LogP contribution is -2.74. The molecule has 0 radical (unpaired) electrons. The first-order valence-electron chi connectivity index (χ1n) is 15.0. The predicted octanol–water partition coefficient (Wildman–Crippen LogP) is 1.68. The second kappa shape index (κ2) is 10.6. The van der Waals surface area contributed by atoms with Crippen molar-refractivity contribution in [2.45, 2.75) is 57.0 Å². The minimum absolute atomic E-state index is 0.0102. The van der Waals surface area contributed by atoms with Gasteiger partial charge in [-0.3, -0.25) is 33.8 Å². The van der Waals surface area contributed by atoms with Crippen molar-refractivity contribution in [2.75, 3.05) is 14.1 Å². The van der Waals surface area contributed by atoms with Crippen LogP contribution >= 0.6 is 0 Å². The molecule has 230 valence electrons. The fraction of sp³-hybridized carbons (Fsp3) is 0.441. The van der Waals surface area contributed by atoms with Gasteiger partial charge in [0.05, 0.1) is 17.5 Å². The van der Waals surface area contributed by atoms with Crippen LogP contribution in [0.15, 0.2) is 48.6 Å². The lowest BCUT2D eigenvalue weighted by molar-refractivity contribution is -0.181. The normalized spacial score (nSPS) is 33.4. The Morgan fingerprint density at radius 3 is 2.23 bits per heavy atom. The number of hydrogen-bond donors (Lipinski definition) is 3. The molecule has 10 nitrogen and oxygen atoms in total. The van der Waals surface area contributed by atoms with Crippen LogP contribution in [-0.2, 0) is 32.1 Å². The van der Waals surface area contributed by atoms with Crippen molar-refractivity contribution >= 4 is 29.0 Å². The highest BCUT2D eigenvalue weighted by Gasteiger charge is 2.69. The number of carbonyl (C=O) groups excluding carboxylic acids is 5. The summed E-state index contributed by atoms with van der Waals surface area (Å²) < 4.78 is 0. The third-order valence-electron chi connectivity index (χ3n) is 10.3. The maximum atomic E-state index is 14.0. The van der Waals surface area contributed by atoms with Gasteiger partial charge in [-0.15, -0.1) is 0 Å². The van der Waals surface area contributed by atoms with Gasteiger partial charge in [-0.2, -0.15) is 0 Å². The number of benzene rings is 2. The third-order valence-corrected chi connectivity index (χ3v) is 10.3. The zero-order valence-electron chi connectivity index (χ0n) is 25.2. The van der Waals surface area contributed by atoms with E-state index in [1.807, 2.05) is 24.3 Å². The Labute approximate surface area is 255 Å². The molecular weight excluding hydrogens is 562 g/mol. The molecule has 8 atom stereocenters. The number of aliphatic hydroxyl groups is 1. The van der Waals surface area contributed by atoms with Crippen LogP contribution in [0.4, 0.5) is 0 Å². The van der Waals surface area contributed by atoms with Crippen molar-refractivity contribution in [1.82, 2.24) is 9.80 Å². The minimum Gasteiger partial charge on any atom is -0.507 e. The van der Waals surface area contributed by atoms with Crippen LogP contribution < -0.4 is 5.73 Å². The summed E-state index contributed by atoms with van der Waals surface area (Å²) in [7, 11) is 3.13. The summed E-state index contributed by atoms with van der Waals surface area (Å²) in [5.41, 5.74) is 5.93. The monoisotopic (exact) mass is 599 g/mol. The Morgan fingerprint density at radius 2 is 1.64 bits per heavy atom. The quantitative estimate of drug-likeness (QED) is 0.343. The van der Waals surface area contributed by atoms with E-state index in [1.54, 1.807) is 20.2 Å². The number of nitrogens with zero attached hydrogens (tertiary/aromatic N) is 2. The van der Waals surface area contributed by atoms with E-state index >= 15 is 0 Å². The van der Waals surface area contributed by atoms with Gasteiger partial charge in [0.15, 0.2) is 34.7 Å². The summed E-state index contributed by atoms with van der Waals surface area (Å²) >= 11 is 0. The molecule has 10 heteroatoms. The Balaban J connectivity index is 1.37. The number of nitrogens with two attached hydrogens (primary N) is 1. The van der Waals surface area contributed by atoms with Crippen molar-refractivity contribution in [1.29, 1.82) is 0 Å². The second-order valence-electron chi connectivity index (χ2n) is 13.0. The molecule has 6 rings (SSSR count). The number of carbonyl (C=O) groups is 5. The Morgan fingerprint density at radius 1 is 1.00 bits per heavy atom. The molecule has 0 bridgehead atoms. The van der Waals surface area contributed by atoms with Gasteiger partial charge in [-0.1, -0.05) is 42.5 Å². The van der Waals surface area contributed by atoms with Gasteiger partial charge in [0.25, 0.3) is 0 Å². The van der Waals surface area contributed by atoms with Crippen LogP contribution in [0.5, 0.6) is 5.75 Å². The maximum Gasteiger partial charge on any atom is 0.235 e. The van der Waals surface area contributed by atoms with Crippen LogP contribution in [0.1, 0.15) is 41.8 Å². The highest BCUT2D eigenvalue weighted by Crippen LogP contribution is 2.51. The first-order chi connectivity index (χ1) is 20.8. The number of rotatable bonds is 5. The summed E-state index contributed by atoms with van der Waals surface area (Å²) in [6.45, 7) is 5.10. The van der Waals surface area contributed by atoms with Crippen LogP contribution in [0.25, 0.3) is 11.1 Å². The summed E-state index contributed by atoms with van der Waals surface area (Å²) in [5, 5.41) is 22.6. The number of fused-ring (bicyclic) bond motifs is 3. The lowest BCUT2D eigenvalue weighted by Gasteiger charge is -2.52. The fourth-order valence-electron chi connectivity index (χ4n) is 8.08. The van der Waals surface area contributed by atoms with Crippen molar-refractivity contribution in [3.8, 4) is 16.9 Å². The fourth-order valence-corrected chi connectivity index (χ4v) is 8.08. The van der Waals surface area contributed by atoms with Crippen LogP contribution in [-0.4, -0.2) is 86.9 Å². The molecule has 2 aromatic carbocycles. The van der Waals surface area contributed by atoms with Crippen molar-refractivity contribution in [3.05, 3.63) is 65.2 Å². The maximum absolute atomic E-state index is 14.0. The summed E-state index contributed by atoms with van der Waals surface area (Å²) in [6, 6.07) is 10.8. The average Bonchev–Trinajstić information content (AvgIpc) is 3.27. The van der Waals surface area contributed by atoms with Gasteiger partial charge in [0, 0.05) is 24.5 Å². The Kier molecular flexibility index (Phi) is 7.22. The molecule has 0 spiro atoms. The van der Waals surface area contributed by atoms with E-state index in [4.69, 9.17) is 5.73 Å². The van der Waals surface area contributed by atoms with Crippen molar-refractivity contribution < 1.29 is 34.2 Å². The number of hydrogen-bond acceptors (Lipinski definition) is 9. The number of likely N-dealkylation sites (N-methyl/N-ethyl adjacent to an activating group) is 1. The highest BCUT2D eigenvalue weighted by molar-refractivity contribution is 6.32. The number of ketones is 4.